The van der Waals surface area contributed by atoms with Gasteiger partial charge in [0.2, 0.25) is 0 Å². The Labute approximate surface area is 137 Å². The lowest BCUT2D eigenvalue weighted by Crippen LogP contribution is -2.44. The minimum absolute atomic E-state index is 0.209. The number of carbonyl (C=O) groups is 2. The second-order valence-corrected chi connectivity index (χ2v) is 6.79. The molecule has 1 amide bonds. The molecule has 0 fully saturated rings. The summed E-state index contributed by atoms with van der Waals surface area (Å²) in [6.45, 7) is 6.83. The topological polar surface area (TPSA) is 101 Å². The monoisotopic (exact) mass is 337 g/mol. The maximum absolute atomic E-state index is 12.4. The minimum Gasteiger partial charge on any atom is -0.480 e. The Kier molecular flexibility index (Phi) is 4.56. The number of aliphatic carboxylic acids is 1. The molecule has 2 aromatic heterocycles. The first-order chi connectivity index (χ1) is 10.6. The molecule has 2 N–H and O–H groups in total. The number of carbonyl (C=O) groups excluding carboxylic acids is 1. The number of aryl methyl sites for hydroxylation is 2. The molecule has 1 atom stereocenters. The van der Waals surface area contributed by atoms with Crippen LogP contribution in [0.4, 0.5) is 0 Å². The summed E-state index contributed by atoms with van der Waals surface area (Å²) in [5.41, 5.74) is 0.322. The highest BCUT2D eigenvalue weighted by molar-refractivity contribution is 7.20. The lowest BCUT2D eigenvalue weighted by Gasteiger charge is -2.17. The molecule has 2 aromatic rings. The van der Waals surface area contributed by atoms with E-state index in [2.05, 4.69) is 10.3 Å². The van der Waals surface area contributed by atoms with Crippen molar-refractivity contribution in [3.05, 3.63) is 26.6 Å². The van der Waals surface area contributed by atoms with Crippen molar-refractivity contribution >= 4 is 33.4 Å². The summed E-state index contributed by atoms with van der Waals surface area (Å²) < 4.78 is 1.43. The van der Waals surface area contributed by atoms with Crippen LogP contribution in [-0.2, 0) is 11.8 Å². The largest absolute Gasteiger partial charge is 0.480 e. The molecule has 1 unspecified atom stereocenters. The van der Waals surface area contributed by atoms with Gasteiger partial charge in [-0.3, -0.25) is 14.2 Å². The first-order valence-electron chi connectivity index (χ1n) is 7.15. The van der Waals surface area contributed by atoms with Gasteiger partial charge in [0.05, 0.1) is 10.3 Å². The van der Waals surface area contributed by atoms with E-state index in [1.807, 2.05) is 0 Å². The van der Waals surface area contributed by atoms with E-state index in [1.165, 1.54) is 4.57 Å². The van der Waals surface area contributed by atoms with Crippen molar-refractivity contribution in [1.82, 2.24) is 14.9 Å². The molecular weight excluding hydrogens is 318 g/mol. The van der Waals surface area contributed by atoms with Crippen LogP contribution < -0.4 is 10.9 Å². The van der Waals surface area contributed by atoms with Crippen molar-refractivity contribution in [2.24, 2.45) is 13.0 Å². The fraction of sp³-hybridized carbons (Fsp3) is 0.467. The van der Waals surface area contributed by atoms with Crippen molar-refractivity contribution in [2.75, 3.05) is 0 Å². The molecule has 0 aliphatic carbocycles. The van der Waals surface area contributed by atoms with E-state index in [9.17, 15) is 19.5 Å². The lowest BCUT2D eigenvalue weighted by atomic mass is 10.0. The zero-order chi connectivity index (χ0) is 17.5. The van der Waals surface area contributed by atoms with Crippen LogP contribution in [-0.4, -0.2) is 32.6 Å². The third-order valence-electron chi connectivity index (χ3n) is 3.82. The number of carboxylic acid groups (broad SMARTS) is 1. The zero-order valence-corrected chi connectivity index (χ0v) is 14.4. The molecule has 0 aliphatic rings. The Morgan fingerprint density at radius 2 is 1.91 bits per heavy atom. The average molecular weight is 337 g/mol. The van der Waals surface area contributed by atoms with Gasteiger partial charge in [-0.15, -0.1) is 11.3 Å². The summed E-state index contributed by atoms with van der Waals surface area (Å²) in [5, 5.41) is 12.1. The van der Waals surface area contributed by atoms with E-state index in [0.29, 0.717) is 26.5 Å². The fourth-order valence-corrected chi connectivity index (χ4v) is 3.42. The normalized spacial score (nSPS) is 12.6. The Hall–Kier alpha value is -2.22. The second-order valence-electron chi connectivity index (χ2n) is 5.79. The number of amides is 1. The van der Waals surface area contributed by atoms with Gasteiger partial charge >= 0.3 is 5.97 Å². The lowest BCUT2D eigenvalue weighted by molar-refractivity contribution is -0.140. The van der Waals surface area contributed by atoms with Gasteiger partial charge in [0.25, 0.3) is 11.5 Å². The Balaban J connectivity index is 2.50. The van der Waals surface area contributed by atoms with E-state index in [4.69, 9.17) is 0 Å². The first-order valence-corrected chi connectivity index (χ1v) is 7.97. The Bertz CT molecular complexity index is 851. The van der Waals surface area contributed by atoms with Crippen molar-refractivity contribution in [2.45, 2.75) is 33.7 Å². The van der Waals surface area contributed by atoms with Gasteiger partial charge in [-0.25, -0.2) is 9.78 Å². The van der Waals surface area contributed by atoms with Crippen molar-refractivity contribution in [3.8, 4) is 0 Å². The highest BCUT2D eigenvalue weighted by Crippen LogP contribution is 2.27. The summed E-state index contributed by atoms with van der Waals surface area (Å²) in [6.07, 6.45) is 0. The number of aromatic nitrogens is 2. The van der Waals surface area contributed by atoms with Gasteiger partial charge in [-0.2, -0.15) is 0 Å². The van der Waals surface area contributed by atoms with Crippen molar-refractivity contribution in [3.63, 3.8) is 0 Å². The summed E-state index contributed by atoms with van der Waals surface area (Å²) in [5.74, 6) is -1.27. The number of nitrogens with one attached hydrogen (secondary N) is 1. The van der Waals surface area contributed by atoms with Crippen molar-refractivity contribution in [1.29, 1.82) is 0 Å². The molecule has 124 valence electrons. The van der Waals surface area contributed by atoms with Gasteiger partial charge < -0.3 is 10.4 Å². The number of thiophene rings is 1. The molecule has 2 heterocycles. The quantitative estimate of drug-likeness (QED) is 0.879. The molecule has 0 spiro atoms. The molecule has 0 saturated heterocycles. The number of hydrogen-bond donors (Lipinski definition) is 2. The zero-order valence-electron chi connectivity index (χ0n) is 13.6. The number of hydrogen-bond acceptors (Lipinski definition) is 5. The van der Waals surface area contributed by atoms with Gasteiger partial charge in [0, 0.05) is 7.05 Å². The molecule has 23 heavy (non-hydrogen) atoms. The van der Waals surface area contributed by atoms with Crippen molar-refractivity contribution < 1.29 is 14.7 Å². The number of rotatable bonds is 4. The molecule has 8 heteroatoms. The third-order valence-corrected chi connectivity index (χ3v) is 5.01. The van der Waals surface area contributed by atoms with Crippen LogP contribution in [0.3, 0.4) is 0 Å². The van der Waals surface area contributed by atoms with E-state index in [-0.39, 0.29) is 11.5 Å². The smallest absolute Gasteiger partial charge is 0.326 e. The summed E-state index contributed by atoms with van der Waals surface area (Å²) >= 11 is 1.11. The van der Waals surface area contributed by atoms with E-state index >= 15 is 0 Å². The summed E-state index contributed by atoms with van der Waals surface area (Å²) in [6, 6.07) is -0.982. The first kappa shape index (κ1) is 17.1. The van der Waals surface area contributed by atoms with Crippen LogP contribution in [0.2, 0.25) is 0 Å². The predicted molar refractivity (Wildman–Crippen MR) is 88.1 cm³/mol. The van der Waals surface area contributed by atoms with Gasteiger partial charge in [-0.05, 0) is 25.3 Å². The third kappa shape index (κ3) is 2.98. The maximum Gasteiger partial charge on any atom is 0.326 e. The number of nitrogens with zero attached hydrogens (tertiary/aromatic N) is 2. The SMILES string of the molecule is Cc1c(C(=O)NC(C(=O)O)C(C)C)sc2nc(C)n(C)c(=O)c12. The highest BCUT2D eigenvalue weighted by atomic mass is 32.1. The second kappa shape index (κ2) is 6.11. The van der Waals surface area contributed by atoms with Crippen LogP contribution in [0, 0.1) is 19.8 Å². The van der Waals surface area contributed by atoms with E-state index in [0.717, 1.165) is 11.3 Å². The molecule has 2 rings (SSSR count). The number of carboxylic acids is 1. The van der Waals surface area contributed by atoms with Crippen LogP contribution in [0.15, 0.2) is 4.79 Å². The standard InChI is InChI=1S/C15H19N3O4S/c1-6(2)10(15(21)22)17-12(19)11-7(3)9-13(23-11)16-8(4)18(5)14(9)20/h6,10H,1-5H3,(H,17,19)(H,21,22). The summed E-state index contributed by atoms with van der Waals surface area (Å²) in [4.78, 5) is 41.2. The maximum atomic E-state index is 12.4. The van der Waals surface area contributed by atoms with E-state index < -0.39 is 17.9 Å². The molecule has 0 bridgehead atoms. The fourth-order valence-electron chi connectivity index (χ4n) is 2.30. The van der Waals surface area contributed by atoms with Crippen LogP contribution in [0.5, 0.6) is 0 Å². The molecular formula is C15H19N3O4S. The number of fused-ring (bicyclic) bond motifs is 1. The predicted octanol–water partition coefficient (Wildman–Crippen LogP) is 1.45. The van der Waals surface area contributed by atoms with Gasteiger partial charge in [0.1, 0.15) is 16.7 Å². The molecule has 0 radical (unpaired) electrons. The van der Waals surface area contributed by atoms with Gasteiger partial charge in [0.15, 0.2) is 0 Å². The molecule has 0 aromatic carbocycles. The molecule has 7 nitrogen and oxygen atoms in total. The molecule has 0 saturated carbocycles. The Morgan fingerprint density at radius 1 is 1.30 bits per heavy atom. The Morgan fingerprint density at radius 3 is 2.43 bits per heavy atom. The van der Waals surface area contributed by atoms with E-state index in [1.54, 1.807) is 34.7 Å². The molecule has 0 aliphatic heterocycles. The van der Waals surface area contributed by atoms with Crippen LogP contribution >= 0.6 is 11.3 Å². The van der Waals surface area contributed by atoms with Crippen LogP contribution in [0.25, 0.3) is 10.2 Å². The van der Waals surface area contributed by atoms with Crippen LogP contribution in [0.1, 0.15) is 34.9 Å². The highest BCUT2D eigenvalue weighted by Gasteiger charge is 2.27. The average Bonchev–Trinajstić information content (AvgIpc) is 2.78. The minimum atomic E-state index is -1.09. The van der Waals surface area contributed by atoms with Gasteiger partial charge in [-0.1, -0.05) is 13.8 Å². The summed E-state index contributed by atoms with van der Waals surface area (Å²) in [7, 11) is 1.63.